The van der Waals surface area contributed by atoms with E-state index in [1.54, 1.807) is 0 Å². The highest BCUT2D eigenvalue weighted by atomic mass is 16.4. The van der Waals surface area contributed by atoms with Crippen LogP contribution in [0.4, 0.5) is 0 Å². The number of hydrogen-bond acceptors (Lipinski definition) is 3. The quantitative estimate of drug-likeness (QED) is 0.697. The first-order valence-electron chi connectivity index (χ1n) is 5.06. The van der Waals surface area contributed by atoms with Gasteiger partial charge in [-0.3, -0.25) is 9.69 Å². The molecule has 0 bridgehead atoms. The molecule has 0 radical (unpaired) electrons. The van der Waals surface area contributed by atoms with Crippen LogP contribution in [0.1, 0.15) is 27.2 Å². The highest BCUT2D eigenvalue weighted by molar-refractivity contribution is 5.74. The fourth-order valence-corrected chi connectivity index (χ4v) is 1.94. The Kier molecular flexibility index (Phi) is 3.17. The van der Waals surface area contributed by atoms with Crippen LogP contribution in [-0.2, 0) is 4.79 Å². The van der Waals surface area contributed by atoms with Gasteiger partial charge in [0.05, 0.1) is 0 Å². The minimum atomic E-state index is -0.915. The number of nitrogens with zero attached hydrogens (tertiary/aromatic N) is 1. The smallest absolute Gasteiger partial charge is 0.322 e. The van der Waals surface area contributed by atoms with Crippen molar-refractivity contribution < 1.29 is 9.90 Å². The third kappa shape index (κ3) is 2.45. The molecule has 1 aliphatic rings. The van der Waals surface area contributed by atoms with E-state index < -0.39 is 12.0 Å². The van der Waals surface area contributed by atoms with E-state index in [0.29, 0.717) is 5.41 Å². The lowest BCUT2D eigenvalue weighted by molar-refractivity contribution is -0.140. The number of hydrogen-bond donors (Lipinski definition) is 2. The Balaban J connectivity index is 2.55. The molecule has 1 fully saturated rings. The van der Waals surface area contributed by atoms with Gasteiger partial charge in [-0.1, -0.05) is 13.8 Å². The van der Waals surface area contributed by atoms with Gasteiger partial charge < -0.3 is 10.8 Å². The van der Waals surface area contributed by atoms with Crippen LogP contribution in [0.2, 0.25) is 0 Å². The first-order valence-corrected chi connectivity index (χ1v) is 5.06. The third-order valence-corrected chi connectivity index (χ3v) is 3.09. The van der Waals surface area contributed by atoms with Gasteiger partial charge >= 0.3 is 5.97 Å². The van der Waals surface area contributed by atoms with Crippen LogP contribution in [-0.4, -0.2) is 41.1 Å². The van der Waals surface area contributed by atoms with Crippen LogP contribution < -0.4 is 5.73 Å². The molecular weight excluding hydrogens is 180 g/mol. The number of carbonyl (C=O) groups is 1. The molecule has 0 aromatic rings. The zero-order valence-corrected chi connectivity index (χ0v) is 9.16. The van der Waals surface area contributed by atoms with Crippen molar-refractivity contribution in [1.29, 1.82) is 0 Å². The van der Waals surface area contributed by atoms with Gasteiger partial charge in [0.2, 0.25) is 0 Å². The number of likely N-dealkylation sites (tertiary alicyclic amines) is 1. The lowest BCUT2D eigenvalue weighted by atomic mass is 9.93. The SMILES string of the molecule is CC(C(N)C(=O)O)N1CCC(C)(C)C1. The molecule has 2 atom stereocenters. The fourth-order valence-electron chi connectivity index (χ4n) is 1.94. The van der Waals surface area contributed by atoms with Crippen LogP contribution in [0.5, 0.6) is 0 Å². The van der Waals surface area contributed by atoms with Crippen molar-refractivity contribution in [3.8, 4) is 0 Å². The molecule has 0 spiro atoms. The Bertz CT molecular complexity index is 228. The summed E-state index contributed by atoms with van der Waals surface area (Å²) in [6.45, 7) is 8.18. The standard InChI is InChI=1S/C10H20N2O2/c1-7(8(11)9(13)14)12-5-4-10(2,3)6-12/h7-8H,4-6,11H2,1-3H3,(H,13,14). The zero-order chi connectivity index (χ0) is 10.9. The summed E-state index contributed by atoms with van der Waals surface area (Å²) < 4.78 is 0. The van der Waals surface area contributed by atoms with Gasteiger partial charge in [0.1, 0.15) is 6.04 Å². The minimum absolute atomic E-state index is 0.0747. The summed E-state index contributed by atoms with van der Waals surface area (Å²) in [7, 11) is 0. The van der Waals surface area contributed by atoms with Crippen molar-refractivity contribution in [2.45, 2.75) is 39.3 Å². The molecule has 3 N–H and O–H groups in total. The lowest BCUT2D eigenvalue weighted by Crippen LogP contribution is -2.49. The van der Waals surface area contributed by atoms with Gasteiger partial charge in [-0.15, -0.1) is 0 Å². The van der Waals surface area contributed by atoms with Crippen LogP contribution in [0.25, 0.3) is 0 Å². The second kappa shape index (κ2) is 3.87. The summed E-state index contributed by atoms with van der Waals surface area (Å²) in [6, 6.07) is -0.849. The van der Waals surface area contributed by atoms with Gasteiger partial charge in [0.25, 0.3) is 0 Å². The largest absolute Gasteiger partial charge is 0.480 e. The molecule has 4 heteroatoms. The molecule has 0 amide bonds. The molecule has 1 rings (SSSR count). The molecule has 4 nitrogen and oxygen atoms in total. The van der Waals surface area contributed by atoms with Gasteiger partial charge in [-0.2, -0.15) is 0 Å². The van der Waals surface area contributed by atoms with Crippen molar-refractivity contribution in [2.75, 3.05) is 13.1 Å². The van der Waals surface area contributed by atoms with E-state index >= 15 is 0 Å². The Labute approximate surface area is 85.1 Å². The van der Waals surface area contributed by atoms with E-state index in [1.165, 1.54) is 0 Å². The molecule has 82 valence electrons. The van der Waals surface area contributed by atoms with Crippen molar-refractivity contribution in [3.05, 3.63) is 0 Å². The van der Waals surface area contributed by atoms with Crippen LogP contribution in [0, 0.1) is 5.41 Å². The van der Waals surface area contributed by atoms with Crippen LogP contribution in [0.15, 0.2) is 0 Å². The van der Waals surface area contributed by atoms with Crippen LogP contribution >= 0.6 is 0 Å². The zero-order valence-electron chi connectivity index (χ0n) is 9.16. The molecular formula is C10H20N2O2. The summed E-state index contributed by atoms with van der Waals surface area (Å²) in [4.78, 5) is 12.9. The highest BCUT2D eigenvalue weighted by Gasteiger charge is 2.35. The molecule has 1 saturated heterocycles. The maximum Gasteiger partial charge on any atom is 0.322 e. The molecule has 0 saturated carbocycles. The minimum Gasteiger partial charge on any atom is -0.480 e. The predicted molar refractivity (Wildman–Crippen MR) is 55.0 cm³/mol. The summed E-state index contributed by atoms with van der Waals surface area (Å²) in [5.74, 6) is -0.915. The fraction of sp³-hybridized carbons (Fsp3) is 0.900. The first-order chi connectivity index (χ1) is 6.33. The summed E-state index contributed by atoms with van der Waals surface area (Å²) in [5.41, 5.74) is 5.89. The molecule has 0 aliphatic carbocycles. The Hall–Kier alpha value is -0.610. The average molecular weight is 200 g/mol. The molecule has 1 heterocycles. The van der Waals surface area contributed by atoms with Crippen molar-refractivity contribution in [2.24, 2.45) is 11.1 Å². The third-order valence-electron chi connectivity index (χ3n) is 3.09. The number of nitrogens with two attached hydrogens (primary N) is 1. The van der Waals surface area contributed by atoms with Gasteiger partial charge in [-0.05, 0) is 25.3 Å². The summed E-state index contributed by atoms with van der Waals surface area (Å²) >= 11 is 0. The van der Waals surface area contributed by atoms with E-state index in [0.717, 1.165) is 19.5 Å². The van der Waals surface area contributed by atoms with E-state index in [4.69, 9.17) is 10.8 Å². The van der Waals surface area contributed by atoms with E-state index in [2.05, 4.69) is 18.7 Å². The molecule has 1 aliphatic heterocycles. The second-order valence-electron chi connectivity index (χ2n) is 4.99. The summed E-state index contributed by atoms with van der Waals surface area (Å²) in [5, 5.41) is 8.79. The van der Waals surface area contributed by atoms with Gasteiger partial charge in [0.15, 0.2) is 0 Å². The van der Waals surface area contributed by atoms with E-state index in [9.17, 15) is 4.79 Å². The Morgan fingerprint density at radius 3 is 2.50 bits per heavy atom. The number of rotatable bonds is 3. The van der Waals surface area contributed by atoms with Gasteiger partial charge in [0, 0.05) is 12.6 Å². The van der Waals surface area contributed by atoms with E-state index in [-0.39, 0.29) is 6.04 Å². The van der Waals surface area contributed by atoms with Crippen molar-refractivity contribution >= 4 is 5.97 Å². The predicted octanol–water partition coefficient (Wildman–Crippen LogP) is 0.519. The number of carboxylic acids is 1. The second-order valence-corrected chi connectivity index (χ2v) is 4.99. The Morgan fingerprint density at radius 2 is 2.14 bits per heavy atom. The number of carboxylic acid groups (broad SMARTS) is 1. The maximum absolute atomic E-state index is 10.7. The number of aliphatic carboxylic acids is 1. The Morgan fingerprint density at radius 1 is 1.57 bits per heavy atom. The maximum atomic E-state index is 10.7. The normalized spacial score (nSPS) is 26.0. The summed E-state index contributed by atoms with van der Waals surface area (Å²) in [6.07, 6.45) is 1.11. The molecule has 0 aromatic carbocycles. The van der Waals surface area contributed by atoms with Crippen molar-refractivity contribution in [3.63, 3.8) is 0 Å². The molecule has 2 unspecified atom stereocenters. The highest BCUT2D eigenvalue weighted by Crippen LogP contribution is 2.30. The average Bonchev–Trinajstić information content (AvgIpc) is 2.43. The van der Waals surface area contributed by atoms with Gasteiger partial charge in [-0.25, -0.2) is 0 Å². The first kappa shape index (κ1) is 11.5. The monoisotopic (exact) mass is 200 g/mol. The van der Waals surface area contributed by atoms with Crippen LogP contribution in [0.3, 0.4) is 0 Å². The molecule has 14 heavy (non-hydrogen) atoms. The lowest BCUT2D eigenvalue weighted by Gasteiger charge is -2.28. The van der Waals surface area contributed by atoms with E-state index in [1.807, 2.05) is 6.92 Å². The topological polar surface area (TPSA) is 66.6 Å². The van der Waals surface area contributed by atoms with Crippen molar-refractivity contribution in [1.82, 2.24) is 4.90 Å². The molecule has 0 aromatic heterocycles.